The molecule has 0 rings (SSSR count). The van der Waals surface area contributed by atoms with Crippen molar-refractivity contribution in [2.75, 3.05) is 23.9 Å². The summed E-state index contributed by atoms with van der Waals surface area (Å²) in [4.78, 5) is 11.4. The first-order chi connectivity index (χ1) is 14.0. The monoisotopic (exact) mass is 534 g/mol. The fourth-order valence-electron chi connectivity index (χ4n) is 1.85. The van der Waals surface area contributed by atoms with Crippen molar-refractivity contribution in [2.24, 2.45) is 0 Å². The van der Waals surface area contributed by atoms with Crippen molar-refractivity contribution >= 4 is 27.8 Å². The van der Waals surface area contributed by atoms with Gasteiger partial charge in [0.25, 0.3) is 0 Å². The number of rotatable bonds is 12. The molecule has 0 bridgehead atoms. The highest BCUT2D eigenvalue weighted by Crippen LogP contribution is 2.50. The molecule has 1 N–H and O–H groups in total. The summed E-state index contributed by atoms with van der Waals surface area (Å²) in [7, 11) is -4.38. The van der Waals surface area contributed by atoms with Crippen LogP contribution in [0.1, 0.15) is 27.2 Å². The van der Waals surface area contributed by atoms with Crippen LogP contribution in [0.2, 0.25) is 0 Å². The lowest BCUT2D eigenvalue weighted by molar-refractivity contribution is -0.349. The van der Waals surface area contributed by atoms with Gasteiger partial charge >= 0.3 is 24.2 Å². The van der Waals surface area contributed by atoms with Crippen molar-refractivity contribution in [2.45, 2.75) is 63.1 Å². The maximum atomic E-state index is 12.3. The van der Waals surface area contributed by atoms with Crippen molar-refractivity contribution in [1.82, 2.24) is 5.32 Å². The zero-order chi connectivity index (χ0) is 26.2. The summed E-state index contributed by atoms with van der Waals surface area (Å²) in [6.07, 6.45) is -8.53. The minimum absolute atomic E-state index is 0.130. The second-order valence-electron chi connectivity index (χ2n) is 6.92. The third-order valence-electron chi connectivity index (χ3n) is 3.32. The molecule has 1 amide bonds. The first-order valence-electron chi connectivity index (χ1n) is 8.49. The van der Waals surface area contributed by atoms with E-state index in [1.165, 1.54) is 25.6 Å². The molecule has 1 unspecified atom stereocenters. The second kappa shape index (κ2) is 12.5. The molecule has 0 radical (unpaired) electrons. The van der Waals surface area contributed by atoms with Crippen LogP contribution in [0.5, 0.6) is 0 Å². The SMILES string of the molecule is CC(C)(CS(=O)(=O)[O-])NC(=O)CCSCCF.CC(F)C(F)(F)C(F)(F)C(F)(F)C(F)F. The van der Waals surface area contributed by atoms with Crippen LogP contribution in [0.3, 0.4) is 0 Å². The highest BCUT2D eigenvalue weighted by atomic mass is 32.2. The molecule has 0 fully saturated rings. The van der Waals surface area contributed by atoms with Gasteiger partial charge < -0.3 is 9.87 Å². The molecule has 5 nitrogen and oxygen atoms in total. The van der Waals surface area contributed by atoms with Gasteiger partial charge in [0.05, 0.1) is 22.5 Å². The molecule has 194 valence electrons. The zero-order valence-electron chi connectivity index (χ0n) is 16.9. The van der Waals surface area contributed by atoms with E-state index in [-0.39, 0.29) is 19.3 Å². The van der Waals surface area contributed by atoms with Crippen LogP contribution >= 0.6 is 11.8 Å². The van der Waals surface area contributed by atoms with E-state index < -0.39 is 58.4 Å². The lowest BCUT2D eigenvalue weighted by Crippen LogP contribution is -2.60. The molecule has 0 aromatic rings. The summed E-state index contributed by atoms with van der Waals surface area (Å²) in [6.45, 7) is 2.37. The van der Waals surface area contributed by atoms with Crippen molar-refractivity contribution in [3.05, 3.63) is 0 Å². The Morgan fingerprint density at radius 2 is 1.47 bits per heavy atom. The van der Waals surface area contributed by atoms with Crippen molar-refractivity contribution in [1.29, 1.82) is 0 Å². The minimum Gasteiger partial charge on any atom is -0.748 e. The smallest absolute Gasteiger partial charge is 0.380 e. The van der Waals surface area contributed by atoms with E-state index in [1.807, 2.05) is 0 Å². The van der Waals surface area contributed by atoms with Gasteiger partial charge in [0.15, 0.2) is 6.17 Å². The first kappa shape index (κ1) is 33.2. The molecular weight excluding hydrogens is 512 g/mol. The number of alkyl halides is 10. The zero-order valence-corrected chi connectivity index (χ0v) is 18.6. The molecule has 0 saturated heterocycles. The van der Waals surface area contributed by atoms with Crippen LogP contribution in [0, 0.1) is 0 Å². The molecule has 1 atom stereocenters. The van der Waals surface area contributed by atoms with Gasteiger partial charge in [-0.15, -0.1) is 0 Å². The summed E-state index contributed by atoms with van der Waals surface area (Å²) in [5, 5.41) is 2.46. The summed E-state index contributed by atoms with van der Waals surface area (Å²) in [5.74, 6) is -18.8. The van der Waals surface area contributed by atoms with Crippen LogP contribution in [0.4, 0.5) is 43.9 Å². The molecule has 32 heavy (non-hydrogen) atoms. The van der Waals surface area contributed by atoms with Crippen LogP contribution in [0.25, 0.3) is 0 Å². The third kappa shape index (κ3) is 10.8. The van der Waals surface area contributed by atoms with Crippen LogP contribution in [-0.2, 0) is 14.9 Å². The third-order valence-corrected chi connectivity index (χ3v) is 5.33. The quantitative estimate of drug-likeness (QED) is 0.232. The number of amides is 1. The fourth-order valence-corrected chi connectivity index (χ4v) is 3.45. The van der Waals surface area contributed by atoms with E-state index >= 15 is 0 Å². The Morgan fingerprint density at radius 3 is 1.81 bits per heavy atom. The van der Waals surface area contributed by atoms with Crippen LogP contribution < -0.4 is 5.32 Å². The molecule has 17 heteroatoms. The van der Waals surface area contributed by atoms with Gasteiger partial charge in [-0.1, -0.05) is 0 Å². The largest absolute Gasteiger partial charge is 0.748 e. The number of hydrogen-bond acceptors (Lipinski definition) is 5. The van der Waals surface area contributed by atoms with Gasteiger partial charge in [-0.05, 0) is 20.8 Å². The summed E-state index contributed by atoms with van der Waals surface area (Å²) >= 11 is 1.30. The molecule has 0 aliphatic heterocycles. The van der Waals surface area contributed by atoms with Gasteiger partial charge in [0.1, 0.15) is 0 Å². The maximum absolute atomic E-state index is 12.3. The van der Waals surface area contributed by atoms with Gasteiger partial charge in [0.2, 0.25) is 5.91 Å². The van der Waals surface area contributed by atoms with E-state index in [4.69, 9.17) is 0 Å². The Hall–Kier alpha value is -0.970. The molecule has 0 aliphatic rings. The van der Waals surface area contributed by atoms with Crippen LogP contribution in [-0.4, -0.2) is 78.7 Å². The first-order valence-corrected chi connectivity index (χ1v) is 11.2. The Kier molecular flexibility index (Phi) is 13.0. The number of thioether (sulfide) groups is 1. The fraction of sp³-hybridized carbons (Fsp3) is 0.933. The van der Waals surface area contributed by atoms with Gasteiger partial charge in [-0.25, -0.2) is 21.6 Å². The average Bonchev–Trinajstić information content (AvgIpc) is 2.55. The van der Waals surface area contributed by atoms with Crippen molar-refractivity contribution in [3.8, 4) is 0 Å². The lowest BCUT2D eigenvalue weighted by atomic mass is 10.0. The van der Waals surface area contributed by atoms with Gasteiger partial charge in [-0.2, -0.15) is 38.1 Å². The van der Waals surface area contributed by atoms with Crippen LogP contribution in [0.15, 0.2) is 0 Å². The second-order valence-corrected chi connectivity index (χ2v) is 9.55. The molecule has 0 aromatic heterocycles. The highest BCUT2D eigenvalue weighted by molar-refractivity contribution is 7.99. The number of halogens is 10. The average molecular weight is 534 g/mol. The summed E-state index contributed by atoms with van der Waals surface area (Å²) in [5.41, 5.74) is -1.08. The lowest BCUT2D eigenvalue weighted by Gasteiger charge is -2.32. The maximum Gasteiger partial charge on any atom is 0.380 e. The molecule has 0 aromatic carbocycles. The molecule has 0 heterocycles. The minimum atomic E-state index is -6.46. The Labute approximate surface area is 182 Å². The molecule has 0 aliphatic carbocycles. The van der Waals surface area contributed by atoms with E-state index in [2.05, 4.69) is 5.32 Å². The van der Waals surface area contributed by atoms with E-state index in [9.17, 15) is 61.7 Å². The topological polar surface area (TPSA) is 86.3 Å². The molecule has 0 saturated carbocycles. The van der Waals surface area contributed by atoms with Gasteiger partial charge in [0, 0.05) is 23.5 Å². The summed E-state index contributed by atoms with van der Waals surface area (Å²) in [6, 6.07) is 0. The highest BCUT2D eigenvalue weighted by Gasteiger charge is 2.77. The van der Waals surface area contributed by atoms with E-state index in [1.54, 1.807) is 0 Å². The summed E-state index contributed by atoms with van der Waals surface area (Å²) < 4.78 is 151. The molecule has 0 spiro atoms. The normalized spacial score (nSPS) is 14.6. The number of carbonyl (C=O) groups is 1. The van der Waals surface area contributed by atoms with E-state index in [0.717, 1.165) is 0 Å². The predicted molar refractivity (Wildman–Crippen MR) is 96.1 cm³/mol. The molecular formula is C15H22F10NO4S2-. The predicted octanol–water partition coefficient (Wildman–Crippen LogP) is 4.03. The van der Waals surface area contributed by atoms with Crippen molar-refractivity contribution in [3.63, 3.8) is 0 Å². The van der Waals surface area contributed by atoms with Gasteiger partial charge in [-0.3, -0.25) is 9.18 Å². The Bertz CT molecular complexity index is 666. The number of nitrogens with one attached hydrogen (secondary N) is 1. The number of hydrogen-bond donors (Lipinski definition) is 1. The Morgan fingerprint density at radius 1 is 1.00 bits per heavy atom. The van der Waals surface area contributed by atoms with Crippen molar-refractivity contribution < 1.29 is 61.7 Å². The number of carbonyl (C=O) groups excluding carboxylic acids is 1. The van der Waals surface area contributed by atoms with E-state index in [0.29, 0.717) is 11.5 Å². The standard InChI is InChI=1S/C9H18FNO4S2.C6H5F9/c1-9(2,7-17(13,14)15)11-8(12)3-5-16-6-4-10;1-2(7)4(10,11)6(14,15)5(12,13)3(8)9/h3-7H2,1-2H3,(H,11,12)(H,13,14,15);2-3H,1H3/p-1. The Balaban J connectivity index is 0.